The van der Waals surface area contributed by atoms with E-state index in [1.165, 1.54) is 12.8 Å². The van der Waals surface area contributed by atoms with Crippen molar-refractivity contribution in [1.29, 1.82) is 0 Å². The van der Waals surface area contributed by atoms with Gasteiger partial charge in [-0.25, -0.2) is 4.79 Å². The quantitative estimate of drug-likeness (QED) is 0.876. The second kappa shape index (κ2) is 8.56. The van der Waals surface area contributed by atoms with Crippen LogP contribution in [0.15, 0.2) is 30.3 Å². The maximum atomic E-state index is 12.2. The maximum absolute atomic E-state index is 12.2. The van der Waals surface area contributed by atoms with Crippen LogP contribution in [0.4, 0.5) is 4.79 Å². The molecule has 1 aliphatic rings. The Balaban J connectivity index is 1.68. The molecule has 0 bridgehead atoms. The molecule has 5 nitrogen and oxygen atoms in total. The van der Waals surface area contributed by atoms with Gasteiger partial charge in [-0.1, -0.05) is 37.3 Å². The van der Waals surface area contributed by atoms with Gasteiger partial charge in [-0.05, 0) is 37.2 Å². The molecule has 1 fully saturated rings. The number of carbonyl (C=O) groups is 2. The first-order valence-electron chi connectivity index (χ1n) is 8.37. The van der Waals surface area contributed by atoms with Gasteiger partial charge in [0.15, 0.2) is 0 Å². The topological polar surface area (TPSA) is 61.4 Å². The molecule has 2 N–H and O–H groups in total. The molecule has 1 aliphatic carbocycles. The van der Waals surface area contributed by atoms with Crippen LogP contribution in [0.3, 0.4) is 0 Å². The van der Waals surface area contributed by atoms with Crippen LogP contribution in [0.1, 0.15) is 38.2 Å². The largest absolute Gasteiger partial charge is 0.341 e. The third-order valence-electron chi connectivity index (χ3n) is 4.62. The molecule has 0 aromatic heterocycles. The first-order chi connectivity index (χ1) is 11.1. The van der Waals surface area contributed by atoms with Crippen LogP contribution in [0, 0.1) is 5.92 Å². The van der Waals surface area contributed by atoms with Crippen LogP contribution in [-0.2, 0) is 11.3 Å². The Hall–Kier alpha value is -2.04. The molecule has 0 atom stereocenters. The van der Waals surface area contributed by atoms with Crippen LogP contribution >= 0.6 is 0 Å². The van der Waals surface area contributed by atoms with Gasteiger partial charge in [-0.15, -0.1) is 0 Å². The first kappa shape index (κ1) is 17.3. The summed E-state index contributed by atoms with van der Waals surface area (Å²) < 4.78 is 0. The second-order valence-electron chi connectivity index (χ2n) is 6.44. The second-order valence-corrected chi connectivity index (χ2v) is 6.44. The lowest BCUT2D eigenvalue weighted by molar-refractivity contribution is -0.131. The predicted octanol–water partition coefficient (Wildman–Crippen LogP) is 2.52. The molecule has 0 aliphatic heterocycles. The van der Waals surface area contributed by atoms with Gasteiger partial charge in [-0.2, -0.15) is 0 Å². The number of rotatable bonds is 5. The molecule has 0 spiro atoms. The van der Waals surface area contributed by atoms with Crippen LogP contribution < -0.4 is 10.6 Å². The fraction of sp³-hybridized carbons (Fsp3) is 0.556. The van der Waals surface area contributed by atoms with Crippen molar-refractivity contribution in [3.63, 3.8) is 0 Å². The SMILES string of the molecule is CC1CCC(N(C)C(=O)CNC(=O)NCc2ccccc2)CC1. The monoisotopic (exact) mass is 317 g/mol. The Bertz CT molecular complexity index is 510. The summed E-state index contributed by atoms with van der Waals surface area (Å²) in [6.45, 7) is 2.76. The van der Waals surface area contributed by atoms with Gasteiger partial charge in [0.05, 0.1) is 6.54 Å². The number of nitrogens with one attached hydrogen (secondary N) is 2. The van der Waals surface area contributed by atoms with Gasteiger partial charge < -0.3 is 15.5 Å². The molecule has 23 heavy (non-hydrogen) atoms. The number of urea groups is 1. The fourth-order valence-electron chi connectivity index (χ4n) is 2.95. The van der Waals surface area contributed by atoms with Crippen molar-refractivity contribution in [3.8, 4) is 0 Å². The third kappa shape index (κ3) is 5.58. The highest BCUT2D eigenvalue weighted by Crippen LogP contribution is 2.26. The minimum absolute atomic E-state index is 0.0283. The van der Waals surface area contributed by atoms with Crippen molar-refractivity contribution < 1.29 is 9.59 Å². The zero-order chi connectivity index (χ0) is 16.7. The summed E-state index contributed by atoms with van der Waals surface area (Å²) in [5, 5.41) is 5.40. The molecule has 0 unspecified atom stereocenters. The Morgan fingerprint density at radius 3 is 2.39 bits per heavy atom. The molecule has 2 rings (SSSR count). The highest BCUT2D eigenvalue weighted by Gasteiger charge is 2.24. The van der Waals surface area contributed by atoms with Crippen molar-refractivity contribution in [2.24, 2.45) is 5.92 Å². The van der Waals surface area contributed by atoms with Crippen LogP contribution in [-0.4, -0.2) is 36.5 Å². The molecular weight excluding hydrogens is 290 g/mol. The van der Waals surface area contributed by atoms with Gasteiger partial charge in [0, 0.05) is 19.6 Å². The highest BCUT2D eigenvalue weighted by atomic mass is 16.2. The van der Waals surface area contributed by atoms with Gasteiger partial charge in [0.1, 0.15) is 0 Å². The number of carbonyl (C=O) groups excluding carboxylic acids is 2. The highest BCUT2D eigenvalue weighted by molar-refractivity contribution is 5.84. The Morgan fingerprint density at radius 2 is 1.74 bits per heavy atom. The number of nitrogens with zero attached hydrogens (tertiary/aromatic N) is 1. The summed E-state index contributed by atoms with van der Waals surface area (Å²) in [6, 6.07) is 9.69. The lowest BCUT2D eigenvalue weighted by Gasteiger charge is -2.33. The van der Waals surface area contributed by atoms with Gasteiger partial charge in [-0.3, -0.25) is 4.79 Å². The van der Waals surface area contributed by atoms with E-state index in [2.05, 4.69) is 17.6 Å². The molecule has 0 heterocycles. The number of amides is 3. The summed E-state index contributed by atoms with van der Waals surface area (Å²) in [5.74, 6) is 0.732. The zero-order valence-corrected chi connectivity index (χ0v) is 14.0. The van der Waals surface area contributed by atoms with E-state index in [1.54, 1.807) is 4.90 Å². The molecule has 1 aromatic rings. The van der Waals surface area contributed by atoms with Gasteiger partial charge >= 0.3 is 6.03 Å². The number of hydrogen-bond donors (Lipinski definition) is 2. The van der Waals surface area contributed by atoms with Crippen LogP contribution in [0.25, 0.3) is 0 Å². The van der Waals surface area contributed by atoms with Crippen molar-refractivity contribution in [2.75, 3.05) is 13.6 Å². The fourth-order valence-corrected chi connectivity index (χ4v) is 2.95. The molecule has 3 amide bonds. The standard InChI is InChI=1S/C18H27N3O2/c1-14-8-10-16(11-9-14)21(2)17(22)13-20-18(23)19-12-15-6-4-3-5-7-15/h3-7,14,16H,8-13H2,1-2H3,(H2,19,20,23). The maximum Gasteiger partial charge on any atom is 0.315 e. The summed E-state index contributed by atoms with van der Waals surface area (Å²) in [6.07, 6.45) is 4.47. The lowest BCUT2D eigenvalue weighted by Crippen LogP contribution is -2.46. The summed E-state index contributed by atoms with van der Waals surface area (Å²) in [5.41, 5.74) is 1.03. The van der Waals surface area contributed by atoms with Crippen molar-refractivity contribution >= 4 is 11.9 Å². The molecule has 126 valence electrons. The zero-order valence-electron chi connectivity index (χ0n) is 14.0. The van der Waals surface area contributed by atoms with Crippen molar-refractivity contribution in [2.45, 2.75) is 45.2 Å². The van der Waals surface area contributed by atoms with Crippen LogP contribution in [0.2, 0.25) is 0 Å². The average Bonchev–Trinajstić information content (AvgIpc) is 2.58. The molecule has 5 heteroatoms. The smallest absolute Gasteiger partial charge is 0.315 e. The Morgan fingerprint density at radius 1 is 1.09 bits per heavy atom. The van der Waals surface area contributed by atoms with E-state index in [0.29, 0.717) is 12.6 Å². The number of benzene rings is 1. The lowest BCUT2D eigenvalue weighted by atomic mass is 9.87. The molecule has 1 saturated carbocycles. The molecule has 0 radical (unpaired) electrons. The molecule has 0 saturated heterocycles. The predicted molar refractivity (Wildman–Crippen MR) is 90.9 cm³/mol. The Labute approximate surface area is 138 Å². The summed E-state index contributed by atoms with van der Waals surface area (Å²) >= 11 is 0. The minimum Gasteiger partial charge on any atom is -0.341 e. The summed E-state index contributed by atoms with van der Waals surface area (Å²) in [7, 11) is 1.84. The van der Waals surface area contributed by atoms with Crippen molar-refractivity contribution in [1.82, 2.24) is 15.5 Å². The van der Waals surface area contributed by atoms with E-state index in [-0.39, 0.29) is 18.5 Å². The van der Waals surface area contributed by atoms with E-state index >= 15 is 0 Å². The molecular formula is C18H27N3O2. The van der Waals surface area contributed by atoms with Crippen molar-refractivity contribution in [3.05, 3.63) is 35.9 Å². The normalized spacial score (nSPS) is 20.6. The Kier molecular flexibility index (Phi) is 6.44. The number of hydrogen-bond acceptors (Lipinski definition) is 2. The van der Waals surface area contributed by atoms with E-state index in [9.17, 15) is 9.59 Å². The minimum atomic E-state index is -0.312. The average molecular weight is 317 g/mol. The van der Waals surface area contributed by atoms with Gasteiger partial charge in [0.25, 0.3) is 0 Å². The summed E-state index contributed by atoms with van der Waals surface area (Å²) in [4.78, 5) is 25.8. The van der Waals surface area contributed by atoms with Gasteiger partial charge in [0.2, 0.25) is 5.91 Å². The number of likely N-dealkylation sites (N-methyl/N-ethyl adjacent to an activating group) is 1. The molecule has 1 aromatic carbocycles. The third-order valence-corrected chi connectivity index (χ3v) is 4.62. The first-order valence-corrected chi connectivity index (χ1v) is 8.37. The van der Waals surface area contributed by atoms with Crippen LogP contribution in [0.5, 0.6) is 0 Å². The van der Waals surface area contributed by atoms with E-state index < -0.39 is 0 Å². The van der Waals surface area contributed by atoms with E-state index in [4.69, 9.17) is 0 Å². The van der Waals surface area contributed by atoms with E-state index in [1.807, 2.05) is 37.4 Å². The van der Waals surface area contributed by atoms with E-state index in [0.717, 1.165) is 24.3 Å².